The molecule has 1 aromatic carbocycles. The molecular formula is C22H25NO4. The number of benzene rings is 1. The number of rotatable bonds is 4. The minimum absolute atomic E-state index is 0.146. The van der Waals surface area contributed by atoms with E-state index in [4.69, 9.17) is 9.47 Å². The number of carbonyl (C=O) groups is 2. The van der Waals surface area contributed by atoms with Crippen LogP contribution in [0.5, 0.6) is 11.5 Å². The molecule has 3 aliphatic rings. The normalized spacial score (nSPS) is 20.2. The fourth-order valence-electron chi connectivity index (χ4n) is 4.46. The Morgan fingerprint density at radius 2 is 1.59 bits per heavy atom. The van der Waals surface area contributed by atoms with Gasteiger partial charge in [-0.1, -0.05) is 6.07 Å². The molecule has 0 saturated carbocycles. The SMILES string of the molecule is CCOc1cc(C2C3=C(CCCC3=O)NC3=C2C(=O)CCC3)ccc1OC. The van der Waals surface area contributed by atoms with Gasteiger partial charge in [0, 0.05) is 41.3 Å². The maximum absolute atomic E-state index is 12.8. The second-order valence-electron chi connectivity index (χ2n) is 7.24. The first-order valence-electron chi connectivity index (χ1n) is 9.74. The largest absolute Gasteiger partial charge is 0.493 e. The van der Waals surface area contributed by atoms with Crippen molar-refractivity contribution in [1.82, 2.24) is 5.32 Å². The van der Waals surface area contributed by atoms with Gasteiger partial charge in [0.2, 0.25) is 0 Å². The number of dihydropyridines is 1. The Hall–Kier alpha value is -2.56. The Bertz CT molecular complexity index is 823. The number of methoxy groups -OCH3 is 1. The number of ketones is 2. The van der Waals surface area contributed by atoms with Crippen LogP contribution in [-0.2, 0) is 9.59 Å². The van der Waals surface area contributed by atoms with E-state index in [1.807, 2.05) is 25.1 Å². The first-order valence-corrected chi connectivity index (χ1v) is 9.74. The predicted molar refractivity (Wildman–Crippen MR) is 102 cm³/mol. The summed E-state index contributed by atoms with van der Waals surface area (Å²) in [6.45, 7) is 2.44. The van der Waals surface area contributed by atoms with Crippen molar-refractivity contribution in [3.05, 3.63) is 46.3 Å². The fraction of sp³-hybridized carbons (Fsp3) is 0.455. The van der Waals surface area contributed by atoms with E-state index in [-0.39, 0.29) is 17.5 Å². The van der Waals surface area contributed by atoms with Crippen molar-refractivity contribution in [2.24, 2.45) is 0 Å². The molecule has 0 atom stereocenters. The van der Waals surface area contributed by atoms with Gasteiger partial charge in [0.15, 0.2) is 23.1 Å². The summed E-state index contributed by atoms with van der Waals surface area (Å²) < 4.78 is 11.1. The number of Topliss-reactive ketones (excluding diaryl/α,β-unsaturated/α-hetero) is 2. The Labute approximate surface area is 159 Å². The van der Waals surface area contributed by atoms with Gasteiger partial charge in [0.25, 0.3) is 0 Å². The first kappa shape index (κ1) is 17.8. The highest BCUT2D eigenvalue weighted by Gasteiger charge is 2.40. The molecule has 1 heterocycles. The van der Waals surface area contributed by atoms with Gasteiger partial charge in [0.1, 0.15) is 0 Å². The summed E-state index contributed by atoms with van der Waals surface area (Å²) >= 11 is 0. The molecule has 0 amide bonds. The maximum Gasteiger partial charge on any atom is 0.161 e. The van der Waals surface area contributed by atoms with Crippen LogP contribution in [0, 0.1) is 0 Å². The van der Waals surface area contributed by atoms with Gasteiger partial charge in [0.05, 0.1) is 13.7 Å². The molecule has 0 spiro atoms. The number of hydrogen-bond acceptors (Lipinski definition) is 5. The van der Waals surface area contributed by atoms with Gasteiger partial charge in [-0.05, 0) is 50.3 Å². The van der Waals surface area contributed by atoms with Crippen LogP contribution in [0.1, 0.15) is 56.9 Å². The zero-order valence-corrected chi connectivity index (χ0v) is 15.9. The molecule has 0 radical (unpaired) electrons. The van der Waals surface area contributed by atoms with Crippen molar-refractivity contribution in [3.8, 4) is 11.5 Å². The topological polar surface area (TPSA) is 64.6 Å². The number of hydrogen-bond donors (Lipinski definition) is 1. The molecule has 0 unspecified atom stereocenters. The van der Waals surface area contributed by atoms with Crippen molar-refractivity contribution in [1.29, 1.82) is 0 Å². The van der Waals surface area contributed by atoms with Crippen LogP contribution in [0.15, 0.2) is 40.7 Å². The van der Waals surface area contributed by atoms with E-state index in [2.05, 4.69) is 5.32 Å². The molecule has 27 heavy (non-hydrogen) atoms. The zero-order chi connectivity index (χ0) is 19.0. The van der Waals surface area contributed by atoms with E-state index in [0.29, 0.717) is 30.9 Å². The molecule has 4 rings (SSSR count). The monoisotopic (exact) mass is 367 g/mol. The maximum atomic E-state index is 12.8. The fourth-order valence-corrected chi connectivity index (χ4v) is 4.46. The van der Waals surface area contributed by atoms with Crippen molar-refractivity contribution in [3.63, 3.8) is 0 Å². The molecule has 0 fully saturated rings. The number of nitrogens with one attached hydrogen (secondary N) is 1. The summed E-state index contributed by atoms with van der Waals surface area (Å²) in [6.07, 6.45) is 4.53. The summed E-state index contributed by atoms with van der Waals surface area (Å²) in [6, 6.07) is 5.75. The molecule has 1 N–H and O–H groups in total. The zero-order valence-electron chi connectivity index (χ0n) is 15.9. The van der Waals surface area contributed by atoms with Crippen molar-refractivity contribution >= 4 is 11.6 Å². The highest BCUT2D eigenvalue weighted by Crippen LogP contribution is 2.46. The lowest BCUT2D eigenvalue weighted by Gasteiger charge is -2.37. The summed E-state index contributed by atoms with van der Waals surface area (Å²) in [5.74, 6) is 1.29. The molecule has 0 saturated heterocycles. The van der Waals surface area contributed by atoms with Gasteiger partial charge in [-0.3, -0.25) is 9.59 Å². The molecule has 2 aliphatic carbocycles. The number of ether oxygens (including phenoxy) is 2. The lowest BCUT2D eigenvalue weighted by Crippen LogP contribution is -2.36. The van der Waals surface area contributed by atoms with Crippen LogP contribution in [0.4, 0.5) is 0 Å². The second kappa shape index (κ2) is 7.22. The van der Waals surface area contributed by atoms with E-state index >= 15 is 0 Å². The lowest BCUT2D eigenvalue weighted by molar-refractivity contribution is -0.116. The predicted octanol–water partition coefficient (Wildman–Crippen LogP) is 3.79. The van der Waals surface area contributed by atoms with Gasteiger partial charge in [-0.25, -0.2) is 0 Å². The molecule has 0 aromatic heterocycles. The quantitative estimate of drug-likeness (QED) is 0.877. The third-order valence-electron chi connectivity index (χ3n) is 5.61. The lowest BCUT2D eigenvalue weighted by atomic mass is 9.71. The van der Waals surface area contributed by atoms with Crippen LogP contribution in [0.2, 0.25) is 0 Å². The van der Waals surface area contributed by atoms with Crippen LogP contribution in [-0.4, -0.2) is 25.3 Å². The minimum atomic E-state index is -0.304. The van der Waals surface area contributed by atoms with E-state index < -0.39 is 0 Å². The van der Waals surface area contributed by atoms with Gasteiger partial charge in [-0.15, -0.1) is 0 Å². The highest BCUT2D eigenvalue weighted by atomic mass is 16.5. The average Bonchev–Trinajstić information content (AvgIpc) is 2.67. The Kier molecular flexibility index (Phi) is 4.77. The number of allylic oxidation sites excluding steroid dienone is 4. The summed E-state index contributed by atoms with van der Waals surface area (Å²) in [7, 11) is 1.61. The summed E-state index contributed by atoms with van der Waals surface area (Å²) in [5.41, 5.74) is 4.45. The van der Waals surface area contributed by atoms with Crippen LogP contribution in [0.3, 0.4) is 0 Å². The van der Waals surface area contributed by atoms with Gasteiger partial charge in [-0.2, -0.15) is 0 Å². The highest BCUT2D eigenvalue weighted by molar-refractivity contribution is 6.06. The Balaban J connectivity index is 1.88. The third-order valence-corrected chi connectivity index (χ3v) is 5.61. The van der Waals surface area contributed by atoms with Crippen LogP contribution in [0.25, 0.3) is 0 Å². The summed E-state index contributed by atoms with van der Waals surface area (Å²) in [4.78, 5) is 25.7. The van der Waals surface area contributed by atoms with E-state index in [9.17, 15) is 9.59 Å². The number of carbonyl (C=O) groups excluding carboxylic acids is 2. The van der Waals surface area contributed by atoms with Crippen molar-refractivity contribution in [2.75, 3.05) is 13.7 Å². The molecule has 5 nitrogen and oxygen atoms in total. The Morgan fingerprint density at radius 3 is 2.15 bits per heavy atom. The molecular weight excluding hydrogens is 342 g/mol. The smallest absolute Gasteiger partial charge is 0.161 e. The molecule has 1 aromatic rings. The van der Waals surface area contributed by atoms with Crippen LogP contribution < -0.4 is 14.8 Å². The molecule has 1 aliphatic heterocycles. The van der Waals surface area contributed by atoms with Crippen molar-refractivity contribution in [2.45, 2.75) is 51.4 Å². The summed E-state index contributed by atoms with van der Waals surface area (Å²) in [5, 5.41) is 3.44. The van der Waals surface area contributed by atoms with E-state index in [1.165, 1.54) is 0 Å². The third kappa shape index (κ3) is 3.05. The Morgan fingerprint density at radius 1 is 0.963 bits per heavy atom. The molecule has 142 valence electrons. The van der Waals surface area contributed by atoms with E-state index in [0.717, 1.165) is 53.8 Å². The first-order chi connectivity index (χ1) is 13.1. The average molecular weight is 367 g/mol. The standard InChI is InChI=1S/C22H25NO4/c1-3-27-19-12-13(10-11-18(19)26-2)20-21-14(6-4-8-16(21)24)23-15-7-5-9-17(25)22(15)20/h10-12,20,23H,3-9H2,1-2H3. The molecule has 5 heteroatoms. The van der Waals surface area contributed by atoms with Crippen molar-refractivity contribution < 1.29 is 19.1 Å². The minimum Gasteiger partial charge on any atom is -0.493 e. The second-order valence-corrected chi connectivity index (χ2v) is 7.24. The van der Waals surface area contributed by atoms with E-state index in [1.54, 1.807) is 7.11 Å². The van der Waals surface area contributed by atoms with Crippen LogP contribution >= 0.6 is 0 Å². The van der Waals surface area contributed by atoms with Gasteiger partial charge >= 0.3 is 0 Å². The molecule has 0 bridgehead atoms. The van der Waals surface area contributed by atoms with Gasteiger partial charge < -0.3 is 14.8 Å².